The van der Waals surface area contributed by atoms with Crippen molar-refractivity contribution in [2.45, 2.75) is 45.7 Å². The zero-order valence-electron chi connectivity index (χ0n) is 20.2. The van der Waals surface area contributed by atoms with Gasteiger partial charge in [-0.15, -0.1) is 0 Å². The molecule has 0 saturated carbocycles. The van der Waals surface area contributed by atoms with Crippen LogP contribution in [-0.2, 0) is 6.42 Å². The van der Waals surface area contributed by atoms with Gasteiger partial charge in [0.05, 0.1) is 29.1 Å². The Morgan fingerprint density at radius 2 is 2.00 bits per heavy atom. The Balaban J connectivity index is 1.29. The SMILES string of the molecule is Cc1cc(-c2nc(Nc3ccc(N4CCNC(C)C4)cn3)ncc2F)cc2c1nc1n2C(C)CC1. The van der Waals surface area contributed by atoms with Crippen LogP contribution in [0.25, 0.3) is 22.3 Å². The number of anilines is 3. The third-order valence-electron chi connectivity index (χ3n) is 7.02. The summed E-state index contributed by atoms with van der Waals surface area (Å²) in [6, 6.07) is 8.72. The normalized spacial score (nSPS) is 19.8. The molecule has 1 aromatic carbocycles. The minimum atomic E-state index is -0.459. The van der Waals surface area contributed by atoms with Crippen LogP contribution in [0.3, 0.4) is 0 Å². The second-order valence-electron chi connectivity index (χ2n) is 9.66. The van der Waals surface area contributed by atoms with E-state index < -0.39 is 5.82 Å². The zero-order chi connectivity index (χ0) is 24.1. The minimum absolute atomic E-state index is 0.264. The van der Waals surface area contributed by atoms with Gasteiger partial charge in [-0.1, -0.05) is 0 Å². The first-order chi connectivity index (χ1) is 17.0. The first-order valence-electron chi connectivity index (χ1n) is 12.2. The van der Waals surface area contributed by atoms with Gasteiger partial charge in [0.25, 0.3) is 0 Å². The molecule has 4 aromatic rings. The van der Waals surface area contributed by atoms with Crippen molar-refractivity contribution in [3.8, 4) is 11.3 Å². The van der Waals surface area contributed by atoms with E-state index in [9.17, 15) is 4.39 Å². The van der Waals surface area contributed by atoms with E-state index in [1.807, 2.05) is 37.4 Å². The molecule has 1 saturated heterocycles. The highest BCUT2D eigenvalue weighted by atomic mass is 19.1. The van der Waals surface area contributed by atoms with Crippen LogP contribution in [0.2, 0.25) is 0 Å². The second-order valence-corrected chi connectivity index (χ2v) is 9.66. The van der Waals surface area contributed by atoms with Gasteiger partial charge in [-0.2, -0.15) is 0 Å². The van der Waals surface area contributed by atoms with Crippen LogP contribution in [0.4, 0.5) is 21.8 Å². The third kappa shape index (κ3) is 3.99. The largest absolute Gasteiger partial charge is 0.367 e. The molecule has 6 rings (SSSR count). The predicted molar refractivity (Wildman–Crippen MR) is 136 cm³/mol. The number of halogens is 1. The first kappa shape index (κ1) is 21.9. The standard InChI is InChI=1S/C26H29FN8/c1-15-10-18(11-21-24(15)32-23-7-4-17(3)35(21)23)25-20(27)13-30-26(33-25)31-22-6-5-19(12-29-22)34-9-8-28-16(2)14-34/h5-6,10-13,16-17,28H,4,7-9,14H2,1-3H3,(H,29,30,31,33). The lowest BCUT2D eigenvalue weighted by Crippen LogP contribution is -2.49. The molecular formula is C26H29FN8. The number of benzene rings is 1. The number of aromatic nitrogens is 5. The third-order valence-corrected chi connectivity index (χ3v) is 7.02. The van der Waals surface area contributed by atoms with Crippen LogP contribution in [0.15, 0.2) is 36.7 Å². The molecule has 35 heavy (non-hydrogen) atoms. The summed E-state index contributed by atoms with van der Waals surface area (Å²) in [5, 5.41) is 6.58. The smallest absolute Gasteiger partial charge is 0.229 e. The predicted octanol–water partition coefficient (Wildman–Crippen LogP) is 4.38. The molecule has 180 valence electrons. The quantitative estimate of drug-likeness (QED) is 0.456. The maximum absolute atomic E-state index is 14.9. The van der Waals surface area contributed by atoms with Crippen LogP contribution in [0.5, 0.6) is 0 Å². The Labute approximate surface area is 203 Å². The van der Waals surface area contributed by atoms with Gasteiger partial charge < -0.3 is 20.1 Å². The van der Waals surface area contributed by atoms with Gasteiger partial charge in [0.1, 0.15) is 17.3 Å². The van der Waals surface area contributed by atoms with Gasteiger partial charge in [0.2, 0.25) is 5.95 Å². The number of fused-ring (bicyclic) bond motifs is 3. The van der Waals surface area contributed by atoms with E-state index in [4.69, 9.17) is 4.98 Å². The molecule has 2 aliphatic rings. The van der Waals surface area contributed by atoms with Crippen molar-refractivity contribution < 1.29 is 4.39 Å². The number of nitrogens with zero attached hydrogens (tertiary/aromatic N) is 6. The van der Waals surface area contributed by atoms with Crippen molar-refractivity contribution in [3.05, 3.63) is 53.9 Å². The van der Waals surface area contributed by atoms with E-state index in [1.165, 1.54) is 6.20 Å². The molecule has 0 amide bonds. The van der Waals surface area contributed by atoms with E-state index in [1.54, 1.807) is 0 Å². The summed E-state index contributed by atoms with van der Waals surface area (Å²) in [5.41, 5.74) is 5.09. The number of hydrogen-bond donors (Lipinski definition) is 2. The van der Waals surface area contributed by atoms with E-state index in [0.29, 0.717) is 23.8 Å². The van der Waals surface area contributed by atoms with E-state index in [2.05, 4.69) is 48.9 Å². The monoisotopic (exact) mass is 472 g/mol. The Morgan fingerprint density at radius 1 is 1.11 bits per heavy atom. The summed E-state index contributed by atoms with van der Waals surface area (Å²) in [5.74, 6) is 1.56. The van der Waals surface area contributed by atoms with Crippen molar-refractivity contribution >= 4 is 28.5 Å². The average molecular weight is 473 g/mol. The van der Waals surface area contributed by atoms with Gasteiger partial charge in [-0.05, 0) is 57.0 Å². The Kier molecular flexibility index (Phi) is 5.36. The number of aryl methyl sites for hydroxylation is 2. The van der Waals surface area contributed by atoms with Crippen molar-refractivity contribution in [2.24, 2.45) is 0 Å². The summed E-state index contributed by atoms with van der Waals surface area (Å²) in [7, 11) is 0. The fourth-order valence-corrected chi connectivity index (χ4v) is 5.24. The topological polar surface area (TPSA) is 83.8 Å². The molecule has 2 atom stereocenters. The summed E-state index contributed by atoms with van der Waals surface area (Å²) in [4.78, 5) is 20.4. The summed E-state index contributed by atoms with van der Waals surface area (Å²) >= 11 is 0. The lowest BCUT2D eigenvalue weighted by molar-refractivity contribution is 0.484. The first-order valence-corrected chi connectivity index (χ1v) is 12.2. The van der Waals surface area contributed by atoms with Gasteiger partial charge in [-0.25, -0.2) is 24.3 Å². The summed E-state index contributed by atoms with van der Waals surface area (Å²) in [6.07, 6.45) is 5.12. The van der Waals surface area contributed by atoms with Crippen molar-refractivity contribution in [1.82, 2.24) is 29.8 Å². The molecule has 9 heteroatoms. The molecule has 2 N–H and O–H groups in total. The minimum Gasteiger partial charge on any atom is -0.367 e. The fraction of sp³-hybridized carbons (Fsp3) is 0.385. The van der Waals surface area contributed by atoms with Gasteiger partial charge in [0, 0.05) is 43.7 Å². The molecule has 5 heterocycles. The number of imidazole rings is 1. The van der Waals surface area contributed by atoms with E-state index in [0.717, 1.165) is 66.1 Å². The molecule has 8 nitrogen and oxygen atoms in total. The number of nitrogens with one attached hydrogen (secondary N) is 2. The van der Waals surface area contributed by atoms with E-state index >= 15 is 0 Å². The molecular weight excluding hydrogens is 443 g/mol. The Hall–Kier alpha value is -3.59. The van der Waals surface area contributed by atoms with Crippen molar-refractivity contribution in [3.63, 3.8) is 0 Å². The number of piperazine rings is 1. The van der Waals surface area contributed by atoms with Gasteiger partial charge in [0.15, 0.2) is 5.82 Å². The molecule has 0 bridgehead atoms. The summed E-state index contributed by atoms with van der Waals surface area (Å²) < 4.78 is 17.2. The van der Waals surface area contributed by atoms with Crippen LogP contribution in [0, 0.1) is 12.7 Å². The molecule has 3 aromatic heterocycles. The molecule has 0 spiro atoms. The van der Waals surface area contributed by atoms with Crippen molar-refractivity contribution in [1.29, 1.82) is 0 Å². The van der Waals surface area contributed by atoms with Crippen molar-refractivity contribution in [2.75, 3.05) is 29.9 Å². The number of pyridine rings is 1. The van der Waals surface area contributed by atoms with Crippen LogP contribution < -0.4 is 15.5 Å². The fourth-order valence-electron chi connectivity index (χ4n) is 5.24. The van der Waals surface area contributed by atoms with Crippen LogP contribution in [0.1, 0.15) is 37.7 Å². The van der Waals surface area contributed by atoms with Gasteiger partial charge in [-0.3, -0.25) is 0 Å². The van der Waals surface area contributed by atoms with Gasteiger partial charge >= 0.3 is 0 Å². The summed E-state index contributed by atoms with van der Waals surface area (Å²) in [6.45, 7) is 9.25. The highest BCUT2D eigenvalue weighted by Gasteiger charge is 2.24. The van der Waals surface area contributed by atoms with Crippen LogP contribution >= 0.6 is 0 Å². The lowest BCUT2D eigenvalue weighted by atomic mass is 10.1. The highest BCUT2D eigenvalue weighted by Crippen LogP contribution is 2.35. The maximum Gasteiger partial charge on any atom is 0.229 e. The number of rotatable bonds is 4. The Bertz CT molecular complexity index is 1400. The lowest BCUT2D eigenvalue weighted by Gasteiger charge is -2.33. The molecule has 2 unspecified atom stereocenters. The molecule has 0 aliphatic carbocycles. The average Bonchev–Trinajstić information content (AvgIpc) is 3.41. The molecule has 0 radical (unpaired) electrons. The zero-order valence-corrected chi connectivity index (χ0v) is 20.2. The maximum atomic E-state index is 14.9. The number of hydrogen-bond acceptors (Lipinski definition) is 7. The van der Waals surface area contributed by atoms with Crippen LogP contribution in [-0.4, -0.2) is 50.2 Å². The second kappa shape index (κ2) is 8.57. The molecule has 2 aliphatic heterocycles. The molecule has 1 fully saturated rings. The van der Waals surface area contributed by atoms with E-state index in [-0.39, 0.29) is 5.69 Å². The highest BCUT2D eigenvalue weighted by molar-refractivity contribution is 5.85. The Morgan fingerprint density at radius 3 is 2.80 bits per heavy atom.